The Morgan fingerprint density at radius 3 is 2.86 bits per heavy atom. The van der Waals surface area contributed by atoms with Crippen LogP contribution in [0.4, 0.5) is 0 Å². The lowest BCUT2D eigenvalue weighted by Crippen LogP contribution is -2.35. The summed E-state index contributed by atoms with van der Waals surface area (Å²) in [5.74, 6) is 0.0196. The second-order valence-electron chi connectivity index (χ2n) is 5.36. The van der Waals surface area contributed by atoms with Crippen LogP contribution in [-0.4, -0.2) is 57.4 Å². The van der Waals surface area contributed by atoms with E-state index < -0.39 is 0 Å². The number of carbonyl (C=O) groups excluding carboxylic acids is 1. The number of hydrogen-bond acceptors (Lipinski definition) is 5. The molecule has 0 bridgehead atoms. The van der Waals surface area contributed by atoms with Crippen molar-refractivity contribution < 1.29 is 9.53 Å². The first-order valence-corrected chi connectivity index (χ1v) is 7.27. The smallest absolute Gasteiger partial charge is 0.248 e. The SMILES string of the molecule is COCC(=O)N1CCc2ncnc(-c3cnn(C)c3)c2CC1. The molecule has 0 spiro atoms. The zero-order chi connectivity index (χ0) is 15.5. The van der Waals surface area contributed by atoms with Gasteiger partial charge in [0.25, 0.3) is 0 Å². The standard InChI is InChI=1S/C15H19N5O2/c1-19-8-11(7-18-19)15-12-3-5-20(14(21)9-22-2)6-4-13(12)16-10-17-15/h7-8,10H,3-6,9H2,1-2H3. The number of fused-ring (bicyclic) bond motifs is 1. The third-order valence-electron chi connectivity index (χ3n) is 3.88. The fraction of sp³-hybridized carbons (Fsp3) is 0.467. The molecule has 0 saturated carbocycles. The molecule has 7 nitrogen and oxygen atoms in total. The topological polar surface area (TPSA) is 73.1 Å². The minimum atomic E-state index is 0.0196. The Bertz CT molecular complexity index is 682. The van der Waals surface area contributed by atoms with Crippen molar-refractivity contribution in [3.63, 3.8) is 0 Å². The molecule has 0 aromatic carbocycles. The van der Waals surface area contributed by atoms with Gasteiger partial charge < -0.3 is 9.64 Å². The first-order chi connectivity index (χ1) is 10.7. The molecule has 0 aliphatic carbocycles. The summed E-state index contributed by atoms with van der Waals surface area (Å²) in [7, 11) is 3.42. The van der Waals surface area contributed by atoms with Crippen LogP contribution in [0.25, 0.3) is 11.3 Å². The molecule has 22 heavy (non-hydrogen) atoms. The monoisotopic (exact) mass is 301 g/mol. The maximum absolute atomic E-state index is 12.0. The molecular weight excluding hydrogens is 282 g/mol. The minimum absolute atomic E-state index is 0.0196. The molecule has 0 radical (unpaired) electrons. The van der Waals surface area contributed by atoms with E-state index >= 15 is 0 Å². The van der Waals surface area contributed by atoms with Gasteiger partial charge in [0.15, 0.2) is 0 Å². The number of hydrogen-bond donors (Lipinski definition) is 0. The third kappa shape index (κ3) is 2.85. The quantitative estimate of drug-likeness (QED) is 0.823. The normalized spacial score (nSPS) is 14.5. The van der Waals surface area contributed by atoms with Crippen LogP contribution in [0.1, 0.15) is 11.3 Å². The fourth-order valence-electron chi connectivity index (χ4n) is 2.78. The van der Waals surface area contributed by atoms with Gasteiger partial charge in [0, 0.05) is 56.7 Å². The summed E-state index contributed by atoms with van der Waals surface area (Å²) < 4.78 is 6.70. The highest BCUT2D eigenvalue weighted by Crippen LogP contribution is 2.25. The lowest BCUT2D eigenvalue weighted by Gasteiger charge is -2.19. The average Bonchev–Trinajstić information content (AvgIpc) is 2.82. The Morgan fingerprint density at radius 2 is 2.14 bits per heavy atom. The van der Waals surface area contributed by atoms with Crippen LogP contribution in [0.3, 0.4) is 0 Å². The molecule has 3 heterocycles. The van der Waals surface area contributed by atoms with Gasteiger partial charge in [-0.2, -0.15) is 5.10 Å². The molecule has 7 heteroatoms. The largest absolute Gasteiger partial charge is 0.375 e. The second kappa shape index (κ2) is 6.23. The Balaban J connectivity index is 1.88. The minimum Gasteiger partial charge on any atom is -0.375 e. The van der Waals surface area contributed by atoms with Crippen LogP contribution in [0.15, 0.2) is 18.7 Å². The van der Waals surface area contributed by atoms with E-state index in [2.05, 4.69) is 15.1 Å². The van der Waals surface area contributed by atoms with Gasteiger partial charge in [-0.3, -0.25) is 9.48 Å². The van der Waals surface area contributed by atoms with Crippen LogP contribution in [0.2, 0.25) is 0 Å². The van der Waals surface area contributed by atoms with Crippen molar-refractivity contribution in [1.29, 1.82) is 0 Å². The van der Waals surface area contributed by atoms with Crippen molar-refractivity contribution in [2.75, 3.05) is 26.8 Å². The lowest BCUT2D eigenvalue weighted by atomic mass is 10.0. The first-order valence-electron chi connectivity index (χ1n) is 7.27. The van der Waals surface area contributed by atoms with Crippen LogP contribution >= 0.6 is 0 Å². The molecule has 0 fully saturated rings. The van der Waals surface area contributed by atoms with E-state index in [4.69, 9.17) is 4.74 Å². The van der Waals surface area contributed by atoms with Crippen LogP contribution in [0.5, 0.6) is 0 Å². The van der Waals surface area contributed by atoms with Crippen molar-refractivity contribution in [3.05, 3.63) is 30.0 Å². The van der Waals surface area contributed by atoms with E-state index in [9.17, 15) is 4.79 Å². The lowest BCUT2D eigenvalue weighted by molar-refractivity contribution is -0.135. The first kappa shape index (κ1) is 14.6. The van der Waals surface area contributed by atoms with E-state index in [1.807, 2.05) is 18.1 Å². The molecular formula is C15H19N5O2. The van der Waals surface area contributed by atoms with E-state index in [-0.39, 0.29) is 12.5 Å². The van der Waals surface area contributed by atoms with Gasteiger partial charge in [0.05, 0.1) is 11.9 Å². The van der Waals surface area contributed by atoms with E-state index in [0.717, 1.165) is 35.4 Å². The van der Waals surface area contributed by atoms with Gasteiger partial charge in [0.1, 0.15) is 12.9 Å². The number of amides is 1. The maximum Gasteiger partial charge on any atom is 0.248 e. The fourth-order valence-corrected chi connectivity index (χ4v) is 2.78. The van der Waals surface area contributed by atoms with Crippen molar-refractivity contribution in [1.82, 2.24) is 24.6 Å². The molecule has 0 saturated heterocycles. The zero-order valence-corrected chi connectivity index (χ0v) is 12.8. The number of methoxy groups -OCH3 is 1. The van der Waals surface area contributed by atoms with Crippen molar-refractivity contribution in [3.8, 4) is 11.3 Å². The molecule has 2 aromatic rings. The van der Waals surface area contributed by atoms with Crippen molar-refractivity contribution in [2.45, 2.75) is 12.8 Å². The van der Waals surface area contributed by atoms with Crippen LogP contribution in [0, 0.1) is 0 Å². The van der Waals surface area contributed by atoms with Gasteiger partial charge in [-0.15, -0.1) is 0 Å². The average molecular weight is 301 g/mol. The highest BCUT2D eigenvalue weighted by Gasteiger charge is 2.22. The van der Waals surface area contributed by atoms with Gasteiger partial charge in [-0.05, 0) is 6.42 Å². The Hall–Kier alpha value is -2.28. The van der Waals surface area contributed by atoms with Gasteiger partial charge in [-0.25, -0.2) is 9.97 Å². The highest BCUT2D eigenvalue weighted by atomic mass is 16.5. The van der Waals surface area contributed by atoms with Gasteiger partial charge in [0.2, 0.25) is 5.91 Å². The number of aromatic nitrogens is 4. The summed E-state index contributed by atoms with van der Waals surface area (Å²) in [5.41, 5.74) is 4.03. The number of rotatable bonds is 3. The van der Waals surface area contributed by atoms with Gasteiger partial charge in [-0.1, -0.05) is 0 Å². The Morgan fingerprint density at radius 1 is 1.32 bits per heavy atom. The molecule has 2 aromatic heterocycles. The zero-order valence-electron chi connectivity index (χ0n) is 12.8. The number of aryl methyl sites for hydroxylation is 1. The third-order valence-corrected chi connectivity index (χ3v) is 3.88. The van der Waals surface area contributed by atoms with Crippen LogP contribution in [-0.2, 0) is 29.4 Å². The number of carbonyl (C=O) groups is 1. The maximum atomic E-state index is 12.0. The predicted octanol–water partition coefficient (Wildman–Crippen LogP) is 0.451. The van der Waals surface area contributed by atoms with E-state index in [1.165, 1.54) is 7.11 Å². The second-order valence-corrected chi connectivity index (χ2v) is 5.36. The summed E-state index contributed by atoms with van der Waals surface area (Å²) in [6.07, 6.45) is 6.83. The van der Waals surface area contributed by atoms with Gasteiger partial charge >= 0.3 is 0 Å². The van der Waals surface area contributed by atoms with Crippen molar-refractivity contribution in [2.24, 2.45) is 7.05 Å². The van der Waals surface area contributed by atoms with Crippen molar-refractivity contribution >= 4 is 5.91 Å². The summed E-state index contributed by atoms with van der Waals surface area (Å²) in [6.45, 7) is 1.45. The summed E-state index contributed by atoms with van der Waals surface area (Å²) in [6, 6.07) is 0. The Labute approximate surface area is 128 Å². The summed E-state index contributed by atoms with van der Waals surface area (Å²) in [5, 5.41) is 4.21. The molecule has 0 N–H and O–H groups in total. The van der Waals surface area contributed by atoms with Crippen LogP contribution < -0.4 is 0 Å². The molecule has 0 atom stereocenters. The molecule has 3 rings (SSSR count). The molecule has 1 aliphatic heterocycles. The number of ether oxygens (including phenoxy) is 1. The predicted molar refractivity (Wildman–Crippen MR) is 80.1 cm³/mol. The van der Waals surface area contributed by atoms with E-state index in [1.54, 1.807) is 17.2 Å². The Kier molecular flexibility index (Phi) is 4.15. The molecule has 1 aliphatic rings. The molecule has 0 unspecified atom stereocenters. The van der Waals surface area contributed by atoms with E-state index in [0.29, 0.717) is 13.1 Å². The molecule has 116 valence electrons. The highest BCUT2D eigenvalue weighted by molar-refractivity contribution is 5.77. The summed E-state index contributed by atoms with van der Waals surface area (Å²) >= 11 is 0. The summed E-state index contributed by atoms with van der Waals surface area (Å²) in [4.78, 5) is 22.7. The molecule has 1 amide bonds. The number of nitrogens with zero attached hydrogens (tertiary/aromatic N) is 5.